The average molecular weight is 347 g/mol. The molecule has 0 aliphatic carbocycles. The lowest BCUT2D eigenvalue weighted by Gasteiger charge is -2.06. The fourth-order valence-electron chi connectivity index (χ4n) is 2.74. The van der Waals surface area contributed by atoms with Gasteiger partial charge in [-0.15, -0.1) is 0 Å². The standard InChI is InChI=1S/C19H17N5O2/c1-25-13-4-5-15-16(8-13)24-19(23-15)14-7-12(10-22-18(14)20)11-3-6-17(26-2)21-9-11/h3-10H,1-2H3,(H2,20,22)(H,23,24). The number of fused-ring (bicyclic) bond motifs is 1. The predicted molar refractivity (Wildman–Crippen MR) is 100 cm³/mol. The maximum absolute atomic E-state index is 6.09. The molecule has 0 spiro atoms. The molecule has 0 aliphatic rings. The number of nitrogen functional groups attached to an aromatic ring is 1. The van der Waals surface area contributed by atoms with Crippen LogP contribution in [0.2, 0.25) is 0 Å². The number of nitrogens with one attached hydrogen (secondary N) is 1. The van der Waals surface area contributed by atoms with E-state index in [9.17, 15) is 0 Å². The molecule has 7 nitrogen and oxygen atoms in total. The second kappa shape index (κ2) is 6.36. The second-order valence-corrected chi connectivity index (χ2v) is 5.71. The first-order valence-electron chi connectivity index (χ1n) is 7.98. The third-order valence-electron chi connectivity index (χ3n) is 4.14. The molecular formula is C19H17N5O2. The van der Waals surface area contributed by atoms with Gasteiger partial charge in [-0.3, -0.25) is 0 Å². The van der Waals surface area contributed by atoms with Crippen LogP contribution in [-0.2, 0) is 0 Å². The van der Waals surface area contributed by atoms with Crippen molar-refractivity contribution in [3.63, 3.8) is 0 Å². The number of rotatable bonds is 4. The Morgan fingerprint density at radius 1 is 0.923 bits per heavy atom. The summed E-state index contributed by atoms with van der Waals surface area (Å²) >= 11 is 0. The van der Waals surface area contributed by atoms with Crippen LogP contribution in [0.3, 0.4) is 0 Å². The number of H-pyrrole nitrogens is 1. The van der Waals surface area contributed by atoms with E-state index in [4.69, 9.17) is 15.2 Å². The summed E-state index contributed by atoms with van der Waals surface area (Å²) in [4.78, 5) is 16.4. The van der Waals surface area contributed by atoms with Crippen molar-refractivity contribution >= 4 is 16.9 Å². The van der Waals surface area contributed by atoms with Gasteiger partial charge in [-0.2, -0.15) is 0 Å². The number of pyridine rings is 2. The minimum absolute atomic E-state index is 0.404. The Morgan fingerprint density at radius 2 is 1.77 bits per heavy atom. The van der Waals surface area contributed by atoms with Crippen LogP contribution in [0.1, 0.15) is 0 Å². The Morgan fingerprint density at radius 3 is 2.50 bits per heavy atom. The van der Waals surface area contributed by atoms with Crippen LogP contribution < -0.4 is 15.2 Å². The van der Waals surface area contributed by atoms with Gasteiger partial charge in [-0.25, -0.2) is 15.0 Å². The van der Waals surface area contributed by atoms with Gasteiger partial charge in [0.2, 0.25) is 5.88 Å². The minimum atomic E-state index is 0.404. The van der Waals surface area contributed by atoms with Gasteiger partial charge in [0.1, 0.15) is 17.4 Å². The van der Waals surface area contributed by atoms with Gasteiger partial charge in [-0.05, 0) is 24.3 Å². The Hall–Kier alpha value is -3.61. The average Bonchev–Trinajstić information content (AvgIpc) is 3.11. The van der Waals surface area contributed by atoms with Gasteiger partial charge in [-0.1, -0.05) is 0 Å². The monoisotopic (exact) mass is 347 g/mol. The van der Waals surface area contributed by atoms with Gasteiger partial charge in [0.25, 0.3) is 0 Å². The van der Waals surface area contributed by atoms with Gasteiger partial charge in [0.05, 0.1) is 30.8 Å². The van der Waals surface area contributed by atoms with E-state index < -0.39 is 0 Å². The zero-order valence-electron chi connectivity index (χ0n) is 14.4. The van der Waals surface area contributed by atoms with Crippen LogP contribution in [0, 0.1) is 0 Å². The minimum Gasteiger partial charge on any atom is -0.497 e. The van der Waals surface area contributed by atoms with Gasteiger partial charge in [0.15, 0.2) is 0 Å². The fourth-order valence-corrected chi connectivity index (χ4v) is 2.74. The lowest BCUT2D eigenvalue weighted by atomic mass is 10.1. The van der Waals surface area contributed by atoms with Crippen LogP contribution in [0.25, 0.3) is 33.5 Å². The van der Waals surface area contributed by atoms with Crippen molar-refractivity contribution in [3.05, 3.63) is 48.8 Å². The van der Waals surface area contributed by atoms with Crippen molar-refractivity contribution in [3.8, 4) is 34.1 Å². The number of hydrogen-bond acceptors (Lipinski definition) is 6. The summed E-state index contributed by atoms with van der Waals surface area (Å²) in [7, 11) is 3.22. The molecule has 3 aromatic heterocycles. The zero-order chi connectivity index (χ0) is 18.1. The number of methoxy groups -OCH3 is 2. The molecule has 4 aromatic rings. The number of hydrogen-bond donors (Lipinski definition) is 2. The highest BCUT2D eigenvalue weighted by Gasteiger charge is 2.12. The zero-order valence-corrected chi connectivity index (χ0v) is 14.4. The molecule has 130 valence electrons. The Balaban J connectivity index is 1.78. The number of anilines is 1. The van der Waals surface area contributed by atoms with Crippen molar-refractivity contribution in [2.24, 2.45) is 0 Å². The first-order chi connectivity index (χ1) is 12.7. The molecular weight excluding hydrogens is 330 g/mol. The van der Waals surface area contributed by atoms with Crippen molar-refractivity contribution < 1.29 is 9.47 Å². The van der Waals surface area contributed by atoms with Crippen molar-refractivity contribution in [1.82, 2.24) is 19.9 Å². The number of aromatic amines is 1. The van der Waals surface area contributed by atoms with Crippen molar-refractivity contribution in [2.45, 2.75) is 0 Å². The molecule has 0 aliphatic heterocycles. The number of ether oxygens (including phenoxy) is 2. The molecule has 0 amide bonds. The lowest BCUT2D eigenvalue weighted by molar-refractivity contribution is 0.398. The highest BCUT2D eigenvalue weighted by molar-refractivity contribution is 5.84. The third-order valence-corrected chi connectivity index (χ3v) is 4.14. The summed E-state index contributed by atoms with van der Waals surface area (Å²) in [5.41, 5.74) is 10.3. The topological polar surface area (TPSA) is 98.9 Å². The smallest absolute Gasteiger partial charge is 0.212 e. The van der Waals surface area contributed by atoms with E-state index in [1.807, 2.05) is 30.3 Å². The summed E-state index contributed by atoms with van der Waals surface area (Å²) in [5.74, 6) is 2.38. The van der Waals surface area contributed by atoms with Gasteiger partial charge in [0, 0.05) is 35.7 Å². The number of benzene rings is 1. The molecule has 7 heteroatoms. The SMILES string of the molecule is COc1ccc2nc(-c3cc(-c4ccc(OC)nc4)cnc3N)[nH]c2c1. The van der Waals surface area contributed by atoms with Crippen LogP contribution in [0.5, 0.6) is 11.6 Å². The number of imidazole rings is 1. The van der Waals surface area contributed by atoms with E-state index in [-0.39, 0.29) is 0 Å². The second-order valence-electron chi connectivity index (χ2n) is 5.71. The van der Waals surface area contributed by atoms with E-state index in [1.54, 1.807) is 32.7 Å². The molecule has 0 bridgehead atoms. The summed E-state index contributed by atoms with van der Waals surface area (Å²) in [6.45, 7) is 0. The van der Waals surface area contributed by atoms with Crippen LogP contribution >= 0.6 is 0 Å². The Bertz CT molecular complexity index is 1070. The fraction of sp³-hybridized carbons (Fsp3) is 0.105. The predicted octanol–water partition coefficient (Wildman–Crippen LogP) is 3.29. The summed E-state index contributed by atoms with van der Waals surface area (Å²) < 4.78 is 10.4. The van der Waals surface area contributed by atoms with E-state index in [0.717, 1.165) is 33.5 Å². The molecule has 1 aromatic carbocycles. The highest BCUT2D eigenvalue weighted by Crippen LogP contribution is 2.30. The number of nitrogens with two attached hydrogens (primary N) is 1. The molecule has 3 N–H and O–H groups in total. The van der Waals surface area contributed by atoms with Gasteiger partial charge >= 0.3 is 0 Å². The summed E-state index contributed by atoms with van der Waals surface area (Å²) in [6.07, 6.45) is 3.45. The normalized spacial score (nSPS) is 10.8. The molecule has 26 heavy (non-hydrogen) atoms. The number of aromatic nitrogens is 4. The largest absolute Gasteiger partial charge is 0.497 e. The van der Waals surface area contributed by atoms with E-state index in [0.29, 0.717) is 17.5 Å². The molecule has 3 heterocycles. The quantitative estimate of drug-likeness (QED) is 0.588. The first kappa shape index (κ1) is 15.9. The van der Waals surface area contributed by atoms with Gasteiger partial charge < -0.3 is 20.2 Å². The first-order valence-corrected chi connectivity index (χ1v) is 7.98. The molecule has 0 unspecified atom stereocenters. The van der Waals surface area contributed by atoms with Crippen LogP contribution in [-0.4, -0.2) is 34.2 Å². The molecule has 0 radical (unpaired) electrons. The molecule has 4 rings (SSSR count). The van der Waals surface area contributed by atoms with E-state index in [2.05, 4.69) is 19.9 Å². The van der Waals surface area contributed by atoms with E-state index >= 15 is 0 Å². The van der Waals surface area contributed by atoms with E-state index in [1.165, 1.54) is 0 Å². The maximum atomic E-state index is 6.09. The number of nitrogens with zero attached hydrogens (tertiary/aromatic N) is 3. The molecule has 0 fully saturated rings. The van der Waals surface area contributed by atoms with Crippen LogP contribution in [0.15, 0.2) is 48.8 Å². The van der Waals surface area contributed by atoms with Crippen molar-refractivity contribution in [1.29, 1.82) is 0 Å². The Kier molecular flexibility index (Phi) is 3.89. The molecule has 0 saturated carbocycles. The van der Waals surface area contributed by atoms with Crippen molar-refractivity contribution in [2.75, 3.05) is 20.0 Å². The molecule has 0 atom stereocenters. The Labute approximate surface area is 149 Å². The highest BCUT2D eigenvalue weighted by atomic mass is 16.5. The molecule has 0 saturated heterocycles. The maximum Gasteiger partial charge on any atom is 0.212 e. The lowest BCUT2D eigenvalue weighted by Crippen LogP contribution is -1.96. The third kappa shape index (κ3) is 2.79. The summed E-state index contributed by atoms with van der Waals surface area (Å²) in [6, 6.07) is 11.3. The summed E-state index contributed by atoms with van der Waals surface area (Å²) in [5, 5.41) is 0. The van der Waals surface area contributed by atoms with Crippen LogP contribution in [0.4, 0.5) is 5.82 Å².